The zero-order valence-corrected chi connectivity index (χ0v) is 18.6. The van der Waals surface area contributed by atoms with E-state index in [1.807, 2.05) is 23.6 Å². The first-order valence-corrected chi connectivity index (χ1v) is 11.6. The van der Waals surface area contributed by atoms with Crippen LogP contribution in [0.15, 0.2) is 60.1 Å². The molecule has 1 amide bonds. The Balaban J connectivity index is 1.67. The van der Waals surface area contributed by atoms with Crippen LogP contribution < -0.4 is 5.32 Å². The van der Waals surface area contributed by atoms with E-state index in [0.717, 1.165) is 23.8 Å². The van der Waals surface area contributed by atoms with Crippen molar-refractivity contribution in [1.29, 1.82) is 0 Å². The third kappa shape index (κ3) is 4.61. The van der Waals surface area contributed by atoms with E-state index in [0.29, 0.717) is 11.5 Å². The fourth-order valence-corrected chi connectivity index (χ4v) is 4.35. The highest BCUT2D eigenvalue weighted by atomic mass is 32.1. The molecule has 0 unspecified atom stereocenters. The molecular weight excluding hydrogens is 466 g/mol. The minimum absolute atomic E-state index is 0.0876. The highest BCUT2D eigenvalue weighted by Gasteiger charge is 2.36. The Labute approximate surface area is 196 Å². The minimum Gasteiger partial charge on any atom is -0.346 e. The average Bonchev–Trinajstić information content (AvgIpc) is 3.34. The van der Waals surface area contributed by atoms with E-state index in [1.165, 1.54) is 46.2 Å². The summed E-state index contributed by atoms with van der Waals surface area (Å²) in [6, 6.07) is 10.0. The Morgan fingerprint density at radius 2 is 2.00 bits per heavy atom. The van der Waals surface area contributed by atoms with Gasteiger partial charge in [0.1, 0.15) is 5.82 Å². The maximum Gasteiger partial charge on any atom is 0.420 e. The summed E-state index contributed by atoms with van der Waals surface area (Å²) < 4.78 is 57.2. The van der Waals surface area contributed by atoms with Crippen molar-refractivity contribution in [2.75, 3.05) is 0 Å². The summed E-state index contributed by atoms with van der Waals surface area (Å²) in [5, 5.41) is 4.62. The number of carbonyl (C=O) groups is 1. The maximum absolute atomic E-state index is 14.0. The molecule has 0 atom stereocenters. The number of hydrogen-bond donors (Lipinski definition) is 1. The zero-order valence-electron chi connectivity index (χ0n) is 17.8. The molecule has 34 heavy (non-hydrogen) atoms. The first kappa shape index (κ1) is 22.3. The predicted octanol–water partition coefficient (Wildman–Crippen LogP) is 6.57. The number of allylic oxidation sites excluding steroid dienone is 1. The number of pyridine rings is 1. The van der Waals surface area contributed by atoms with Crippen molar-refractivity contribution in [2.24, 2.45) is 5.92 Å². The summed E-state index contributed by atoms with van der Waals surface area (Å²) in [5.41, 5.74) is -0.730. The van der Waals surface area contributed by atoms with Crippen LogP contribution >= 0.6 is 11.3 Å². The summed E-state index contributed by atoms with van der Waals surface area (Å²) in [5.74, 6) is -0.784. The molecule has 1 N–H and O–H groups in total. The molecule has 4 nitrogen and oxygen atoms in total. The molecule has 0 spiro atoms. The molecule has 0 saturated heterocycles. The second kappa shape index (κ2) is 8.72. The van der Waals surface area contributed by atoms with E-state index >= 15 is 0 Å². The third-order valence-corrected chi connectivity index (χ3v) is 6.46. The number of imidazole rings is 1. The quantitative estimate of drug-likeness (QED) is 0.314. The first-order valence-electron chi connectivity index (χ1n) is 10.7. The second-order valence-electron chi connectivity index (χ2n) is 8.15. The van der Waals surface area contributed by atoms with Crippen molar-refractivity contribution in [3.05, 3.63) is 87.8 Å². The van der Waals surface area contributed by atoms with Gasteiger partial charge in [0, 0.05) is 11.1 Å². The van der Waals surface area contributed by atoms with Crippen molar-refractivity contribution < 1.29 is 22.4 Å². The molecule has 1 aliphatic rings. The molecule has 1 fully saturated rings. The van der Waals surface area contributed by atoms with Gasteiger partial charge in [0.2, 0.25) is 0 Å². The Hall–Kier alpha value is -3.46. The number of thiophene rings is 1. The molecule has 3 heterocycles. The van der Waals surface area contributed by atoms with Gasteiger partial charge in [-0.15, -0.1) is 11.3 Å². The Bertz CT molecular complexity index is 1390. The van der Waals surface area contributed by atoms with Crippen molar-refractivity contribution in [2.45, 2.75) is 25.6 Å². The topological polar surface area (TPSA) is 46.4 Å². The molecule has 0 bridgehead atoms. The monoisotopic (exact) mass is 485 g/mol. The number of hydrogen-bond acceptors (Lipinski definition) is 3. The Morgan fingerprint density at radius 1 is 1.18 bits per heavy atom. The van der Waals surface area contributed by atoms with Gasteiger partial charge in [0.15, 0.2) is 11.3 Å². The number of alkyl halides is 3. The van der Waals surface area contributed by atoms with Crippen molar-refractivity contribution in [3.8, 4) is 11.1 Å². The summed E-state index contributed by atoms with van der Waals surface area (Å²) >= 11 is 1.46. The molecule has 5 rings (SSSR count). The van der Waals surface area contributed by atoms with Crippen LogP contribution in [0.2, 0.25) is 0 Å². The first-order chi connectivity index (χ1) is 16.3. The lowest BCUT2D eigenvalue weighted by Gasteiger charge is -2.12. The summed E-state index contributed by atoms with van der Waals surface area (Å²) in [7, 11) is 0. The number of benzene rings is 1. The SMILES string of the molecule is O=C(NCc1cccs1)c1nc2c(C(F)(F)F)cc(-c3cccc(F)c3)cn2c1/C=C/C1CC1. The summed E-state index contributed by atoms with van der Waals surface area (Å²) in [4.78, 5) is 18.1. The zero-order chi connectivity index (χ0) is 23.9. The number of nitrogens with zero attached hydrogens (tertiary/aromatic N) is 2. The molecule has 1 aliphatic carbocycles. The molecule has 3 aromatic heterocycles. The second-order valence-corrected chi connectivity index (χ2v) is 9.18. The number of aromatic nitrogens is 2. The predicted molar refractivity (Wildman–Crippen MR) is 123 cm³/mol. The fraction of sp³-hybridized carbons (Fsp3) is 0.200. The number of rotatable bonds is 6. The fourth-order valence-electron chi connectivity index (χ4n) is 3.70. The highest BCUT2D eigenvalue weighted by molar-refractivity contribution is 7.09. The number of carbonyl (C=O) groups excluding carboxylic acids is 1. The van der Waals surface area contributed by atoms with E-state index < -0.39 is 23.5 Å². The van der Waals surface area contributed by atoms with Crippen LogP contribution in [0.25, 0.3) is 22.9 Å². The Kier molecular flexibility index (Phi) is 5.73. The van der Waals surface area contributed by atoms with E-state index in [-0.39, 0.29) is 29.1 Å². The van der Waals surface area contributed by atoms with Crippen LogP contribution in [0.1, 0.15) is 39.5 Å². The van der Waals surface area contributed by atoms with Gasteiger partial charge >= 0.3 is 6.18 Å². The van der Waals surface area contributed by atoms with Gasteiger partial charge in [-0.25, -0.2) is 9.37 Å². The van der Waals surface area contributed by atoms with Gasteiger partial charge in [-0.1, -0.05) is 24.3 Å². The van der Waals surface area contributed by atoms with E-state index in [4.69, 9.17) is 0 Å². The Morgan fingerprint density at radius 3 is 2.68 bits per heavy atom. The van der Waals surface area contributed by atoms with Crippen molar-refractivity contribution >= 4 is 29.0 Å². The maximum atomic E-state index is 14.0. The van der Waals surface area contributed by atoms with Crippen LogP contribution in [0, 0.1) is 11.7 Å². The molecular formula is C25H19F4N3OS. The van der Waals surface area contributed by atoms with Gasteiger partial charge in [-0.3, -0.25) is 9.20 Å². The lowest BCUT2D eigenvalue weighted by atomic mass is 10.1. The lowest BCUT2D eigenvalue weighted by molar-refractivity contribution is -0.136. The molecule has 0 radical (unpaired) electrons. The summed E-state index contributed by atoms with van der Waals surface area (Å²) in [6.07, 6.45) is 2.28. The van der Waals surface area contributed by atoms with Crippen molar-refractivity contribution in [3.63, 3.8) is 0 Å². The smallest absolute Gasteiger partial charge is 0.346 e. The van der Waals surface area contributed by atoms with E-state index in [2.05, 4.69) is 10.3 Å². The lowest BCUT2D eigenvalue weighted by Crippen LogP contribution is -2.23. The van der Waals surface area contributed by atoms with Crippen LogP contribution in [-0.2, 0) is 12.7 Å². The summed E-state index contributed by atoms with van der Waals surface area (Å²) in [6.45, 7) is 0.247. The number of fused-ring (bicyclic) bond motifs is 1. The number of amides is 1. The van der Waals surface area contributed by atoms with Crippen LogP contribution in [0.3, 0.4) is 0 Å². The normalized spacial score (nSPS) is 14.2. The minimum atomic E-state index is -4.72. The van der Waals surface area contributed by atoms with Gasteiger partial charge < -0.3 is 5.32 Å². The van der Waals surface area contributed by atoms with E-state index in [1.54, 1.807) is 6.08 Å². The highest BCUT2D eigenvalue weighted by Crippen LogP contribution is 2.37. The number of halogens is 4. The molecule has 9 heteroatoms. The van der Waals surface area contributed by atoms with Gasteiger partial charge in [-0.2, -0.15) is 13.2 Å². The average molecular weight is 486 g/mol. The van der Waals surface area contributed by atoms with Crippen LogP contribution in [0.4, 0.5) is 17.6 Å². The van der Waals surface area contributed by atoms with Crippen LogP contribution in [-0.4, -0.2) is 15.3 Å². The molecule has 1 saturated carbocycles. The van der Waals surface area contributed by atoms with Gasteiger partial charge in [0.05, 0.1) is 17.8 Å². The van der Waals surface area contributed by atoms with E-state index in [9.17, 15) is 22.4 Å². The molecule has 0 aliphatic heterocycles. The molecule has 174 valence electrons. The van der Waals surface area contributed by atoms with Crippen LogP contribution in [0.5, 0.6) is 0 Å². The van der Waals surface area contributed by atoms with Gasteiger partial charge in [0.25, 0.3) is 5.91 Å². The number of nitrogens with one attached hydrogen (secondary N) is 1. The standard InChI is InChI=1S/C25H19F4N3OS/c26-18-4-1-3-16(11-18)17-12-20(25(27,28)29)23-31-22(24(33)30-13-19-5-2-10-34-19)21(32(23)14-17)9-8-15-6-7-15/h1-5,8-12,14-15H,6-7,13H2,(H,30,33)/b9-8+. The largest absolute Gasteiger partial charge is 0.420 e. The molecule has 1 aromatic carbocycles. The van der Waals surface area contributed by atoms with Crippen molar-refractivity contribution in [1.82, 2.24) is 14.7 Å². The molecule has 4 aromatic rings. The third-order valence-electron chi connectivity index (χ3n) is 5.59. The van der Waals surface area contributed by atoms with Gasteiger partial charge in [-0.05, 0) is 65.6 Å².